The van der Waals surface area contributed by atoms with Gasteiger partial charge in [-0.15, -0.1) is 10.2 Å². The lowest BCUT2D eigenvalue weighted by Gasteiger charge is -1.82. The maximum atomic E-state index is 10.1. The molecule has 1 radical (unpaired) electrons. The predicted octanol–water partition coefficient (Wildman–Crippen LogP) is -1.10. The van der Waals surface area contributed by atoms with E-state index in [9.17, 15) is 4.79 Å². The molecule has 0 saturated heterocycles. The quantitative estimate of drug-likeness (QED) is 0.545. The Hall–Kier alpha value is -1.39. The summed E-state index contributed by atoms with van der Waals surface area (Å²) in [6.45, 7) is 0. The summed E-state index contributed by atoms with van der Waals surface area (Å²) in [5.41, 5.74) is 4.80. The SMILES string of the molecule is NC(=O)Cc1nn[c]o1. The number of hydrogen-bond donors (Lipinski definition) is 1. The summed E-state index contributed by atoms with van der Waals surface area (Å²) in [6, 6.07) is 0. The van der Waals surface area contributed by atoms with Crippen LogP contribution in [0.3, 0.4) is 0 Å². The highest BCUT2D eigenvalue weighted by molar-refractivity contribution is 5.75. The highest BCUT2D eigenvalue weighted by atomic mass is 16.4. The molecule has 0 fully saturated rings. The van der Waals surface area contributed by atoms with Gasteiger partial charge in [0.15, 0.2) is 0 Å². The summed E-state index contributed by atoms with van der Waals surface area (Å²) in [5, 5.41) is 6.61. The molecule has 1 heterocycles. The minimum atomic E-state index is -0.493. The summed E-state index contributed by atoms with van der Waals surface area (Å²) >= 11 is 0. The largest absolute Gasteiger partial charge is 0.416 e. The van der Waals surface area contributed by atoms with Crippen molar-refractivity contribution in [3.05, 3.63) is 12.3 Å². The van der Waals surface area contributed by atoms with E-state index in [-0.39, 0.29) is 12.3 Å². The van der Waals surface area contributed by atoms with Gasteiger partial charge in [-0.05, 0) is 0 Å². The van der Waals surface area contributed by atoms with Crippen LogP contribution in [-0.4, -0.2) is 16.1 Å². The summed E-state index contributed by atoms with van der Waals surface area (Å²) < 4.78 is 4.50. The number of primary amides is 1. The molecule has 0 unspecified atom stereocenters. The molecule has 9 heavy (non-hydrogen) atoms. The lowest BCUT2D eigenvalue weighted by molar-refractivity contribution is -0.117. The van der Waals surface area contributed by atoms with Gasteiger partial charge in [0, 0.05) is 0 Å². The van der Waals surface area contributed by atoms with Gasteiger partial charge in [0.2, 0.25) is 11.8 Å². The van der Waals surface area contributed by atoms with Gasteiger partial charge in [-0.3, -0.25) is 4.79 Å². The Labute approximate surface area is 50.9 Å². The van der Waals surface area contributed by atoms with Crippen molar-refractivity contribution in [2.24, 2.45) is 5.73 Å². The van der Waals surface area contributed by atoms with Crippen LogP contribution in [0, 0.1) is 6.39 Å². The van der Waals surface area contributed by atoms with Crippen LogP contribution in [0.1, 0.15) is 5.89 Å². The zero-order valence-corrected chi connectivity index (χ0v) is 4.50. The molecule has 0 aliphatic heterocycles. The predicted molar refractivity (Wildman–Crippen MR) is 26.0 cm³/mol. The number of aromatic nitrogens is 2. The lowest BCUT2D eigenvalue weighted by atomic mass is 10.4. The number of carbonyl (C=O) groups is 1. The number of amides is 1. The van der Waals surface area contributed by atoms with E-state index < -0.39 is 5.91 Å². The first-order chi connectivity index (χ1) is 4.29. The summed E-state index contributed by atoms with van der Waals surface area (Å²) in [6.07, 6.45) is 2.07. The molecule has 5 heteroatoms. The Bertz CT molecular complexity index is 194. The smallest absolute Gasteiger partial charge is 0.305 e. The van der Waals surface area contributed by atoms with Crippen LogP contribution in [0.25, 0.3) is 0 Å². The van der Waals surface area contributed by atoms with E-state index >= 15 is 0 Å². The highest BCUT2D eigenvalue weighted by Crippen LogP contribution is 1.89. The molecular weight excluding hydrogens is 122 g/mol. The fourth-order valence-corrected chi connectivity index (χ4v) is 0.390. The second-order valence-corrected chi connectivity index (χ2v) is 1.43. The van der Waals surface area contributed by atoms with Crippen molar-refractivity contribution in [3.63, 3.8) is 0 Å². The number of nitrogens with two attached hydrogens (primary N) is 1. The van der Waals surface area contributed by atoms with Gasteiger partial charge < -0.3 is 10.2 Å². The Kier molecular flexibility index (Phi) is 1.44. The van der Waals surface area contributed by atoms with Gasteiger partial charge in [0.1, 0.15) is 6.42 Å². The maximum Gasteiger partial charge on any atom is 0.305 e. The molecule has 0 aliphatic carbocycles. The van der Waals surface area contributed by atoms with Gasteiger partial charge >= 0.3 is 6.39 Å². The van der Waals surface area contributed by atoms with E-state index in [1.165, 1.54) is 0 Å². The van der Waals surface area contributed by atoms with Crippen molar-refractivity contribution in [3.8, 4) is 0 Å². The second kappa shape index (κ2) is 2.25. The average molecular weight is 126 g/mol. The van der Waals surface area contributed by atoms with Crippen molar-refractivity contribution in [1.82, 2.24) is 10.2 Å². The monoisotopic (exact) mass is 126 g/mol. The third-order valence-electron chi connectivity index (χ3n) is 0.691. The van der Waals surface area contributed by atoms with Crippen LogP contribution in [0.5, 0.6) is 0 Å². The Morgan fingerprint density at radius 2 is 2.67 bits per heavy atom. The molecule has 1 aromatic rings. The number of carbonyl (C=O) groups excluding carboxylic acids is 1. The Morgan fingerprint density at radius 3 is 3.11 bits per heavy atom. The third kappa shape index (κ3) is 1.52. The van der Waals surface area contributed by atoms with E-state index in [2.05, 4.69) is 21.0 Å². The zero-order valence-electron chi connectivity index (χ0n) is 4.50. The number of rotatable bonds is 2. The van der Waals surface area contributed by atoms with Gasteiger partial charge in [-0.2, -0.15) is 0 Å². The standard InChI is InChI=1S/C4H4N3O2/c5-3(8)1-4-7-6-2-9-4/h1H2,(H2,5,8). The normalized spacial score (nSPS) is 9.33. The first-order valence-corrected chi connectivity index (χ1v) is 2.26. The average Bonchev–Trinajstić information content (AvgIpc) is 2.15. The van der Waals surface area contributed by atoms with Crippen molar-refractivity contribution < 1.29 is 9.21 Å². The maximum absolute atomic E-state index is 10.1. The van der Waals surface area contributed by atoms with Crippen LogP contribution >= 0.6 is 0 Å². The minimum Gasteiger partial charge on any atom is -0.416 e. The van der Waals surface area contributed by atoms with Gasteiger partial charge in [0.25, 0.3) is 0 Å². The first kappa shape index (κ1) is 5.74. The topological polar surface area (TPSA) is 82.0 Å². The Balaban J connectivity index is 2.58. The van der Waals surface area contributed by atoms with E-state index in [1.54, 1.807) is 0 Å². The van der Waals surface area contributed by atoms with Crippen molar-refractivity contribution in [2.45, 2.75) is 6.42 Å². The fraction of sp³-hybridized carbons (Fsp3) is 0.250. The van der Waals surface area contributed by atoms with Crippen molar-refractivity contribution >= 4 is 5.91 Å². The summed E-state index contributed by atoms with van der Waals surface area (Å²) in [5.74, 6) is -0.296. The molecular formula is C4H4N3O2. The molecule has 2 N–H and O–H groups in total. The van der Waals surface area contributed by atoms with Crippen LogP contribution in [0.4, 0.5) is 0 Å². The van der Waals surface area contributed by atoms with Crippen LogP contribution < -0.4 is 5.73 Å². The molecule has 0 aromatic carbocycles. The minimum absolute atomic E-state index is 0.0174. The zero-order chi connectivity index (χ0) is 6.69. The molecule has 0 aliphatic rings. The molecule has 0 bridgehead atoms. The molecule has 0 spiro atoms. The molecule has 1 amide bonds. The van der Waals surface area contributed by atoms with Gasteiger partial charge in [-0.1, -0.05) is 0 Å². The van der Waals surface area contributed by atoms with Gasteiger partial charge in [0.05, 0.1) is 0 Å². The molecule has 1 rings (SSSR count). The Morgan fingerprint density at radius 1 is 1.89 bits per heavy atom. The van der Waals surface area contributed by atoms with E-state index in [1.807, 2.05) is 0 Å². The number of nitrogens with zero attached hydrogens (tertiary/aromatic N) is 2. The van der Waals surface area contributed by atoms with Gasteiger partial charge in [-0.25, -0.2) is 0 Å². The molecule has 5 nitrogen and oxygen atoms in total. The summed E-state index contributed by atoms with van der Waals surface area (Å²) in [4.78, 5) is 10.1. The first-order valence-electron chi connectivity index (χ1n) is 2.26. The second-order valence-electron chi connectivity index (χ2n) is 1.43. The van der Waals surface area contributed by atoms with E-state index in [0.29, 0.717) is 0 Å². The molecule has 1 aromatic heterocycles. The van der Waals surface area contributed by atoms with E-state index in [0.717, 1.165) is 0 Å². The van der Waals surface area contributed by atoms with Crippen LogP contribution in [0.2, 0.25) is 0 Å². The lowest BCUT2D eigenvalue weighted by Crippen LogP contribution is -2.13. The number of hydrogen-bond acceptors (Lipinski definition) is 4. The van der Waals surface area contributed by atoms with Crippen LogP contribution in [0.15, 0.2) is 4.42 Å². The third-order valence-corrected chi connectivity index (χ3v) is 0.691. The van der Waals surface area contributed by atoms with Crippen molar-refractivity contribution in [2.75, 3.05) is 0 Å². The van der Waals surface area contributed by atoms with Crippen LogP contribution in [-0.2, 0) is 11.2 Å². The molecule has 47 valence electrons. The fourth-order valence-electron chi connectivity index (χ4n) is 0.390. The summed E-state index contributed by atoms with van der Waals surface area (Å²) in [7, 11) is 0. The van der Waals surface area contributed by atoms with Crippen molar-refractivity contribution in [1.29, 1.82) is 0 Å². The molecule has 0 saturated carbocycles. The molecule has 0 atom stereocenters. The van der Waals surface area contributed by atoms with E-state index in [4.69, 9.17) is 5.73 Å². The highest BCUT2D eigenvalue weighted by Gasteiger charge is 2.01.